The lowest BCUT2D eigenvalue weighted by Gasteiger charge is -2.29. The predicted molar refractivity (Wildman–Crippen MR) is 120 cm³/mol. The molecule has 0 spiro atoms. The van der Waals surface area contributed by atoms with E-state index in [4.69, 9.17) is 9.47 Å². The normalized spacial score (nSPS) is 18.4. The van der Waals surface area contributed by atoms with Crippen LogP contribution in [0.1, 0.15) is 28.9 Å². The monoisotopic (exact) mass is 499 g/mol. The molecular weight excluding hydrogens is 478 g/mol. The van der Waals surface area contributed by atoms with Crippen molar-refractivity contribution in [2.24, 2.45) is 0 Å². The van der Waals surface area contributed by atoms with Crippen LogP contribution in [-0.4, -0.2) is 56.4 Å². The van der Waals surface area contributed by atoms with Crippen molar-refractivity contribution < 1.29 is 37.1 Å². The summed E-state index contributed by atoms with van der Waals surface area (Å²) >= 11 is 0. The minimum absolute atomic E-state index is 0.0201. The number of fused-ring (bicyclic) bond motifs is 1. The standard InChI is InChI=1S/C23H21N3O8S/c1-2-33-22(29)19-16(24-23(30)25-20(19)14-8-4-3-5-9-14)13-34-18(27)12-26-21(28)15-10-6-7-11-17(15)35(26,31)32/h3-11,20H,2,12-13H2,1H3,(H2,24,25,30). The maximum absolute atomic E-state index is 12.7. The number of hydrogen-bond donors (Lipinski definition) is 2. The van der Waals surface area contributed by atoms with E-state index in [1.807, 2.05) is 0 Å². The molecule has 0 aliphatic carbocycles. The Morgan fingerprint density at radius 1 is 1.00 bits per heavy atom. The Hall–Kier alpha value is -4.19. The Morgan fingerprint density at radius 2 is 1.69 bits per heavy atom. The quantitative estimate of drug-likeness (QED) is 0.541. The van der Waals surface area contributed by atoms with Crippen LogP contribution in [0.15, 0.2) is 70.8 Å². The first-order valence-corrected chi connectivity index (χ1v) is 12.0. The van der Waals surface area contributed by atoms with Gasteiger partial charge < -0.3 is 20.1 Å². The van der Waals surface area contributed by atoms with Crippen molar-refractivity contribution in [3.8, 4) is 0 Å². The fourth-order valence-corrected chi connectivity index (χ4v) is 5.29. The van der Waals surface area contributed by atoms with Gasteiger partial charge in [0.25, 0.3) is 15.9 Å². The van der Waals surface area contributed by atoms with Crippen LogP contribution in [-0.2, 0) is 29.1 Å². The van der Waals surface area contributed by atoms with Crippen molar-refractivity contribution in [2.75, 3.05) is 19.8 Å². The number of benzene rings is 2. The zero-order valence-electron chi connectivity index (χ0n) is 18.5. The Labute approximate surface area is 200 Å². The maximum Gasteiger partial charge on any atom is 0.338 e. The summed E-state index contributed by atoms with van der Waals surface area (Å²) in [5.74, 6) is -2.62. The summed E-state index contributed by atoms with van der Waals surface area (Å²) in [7, 11) is -4.20. The first-order chi connectivity index (χ1) is 16.7. The first-order valence-electron chi connectivity index (χ1n) is 10.6. The van der Waals surface area contributed by atoms with E-state index in [0.29, 0.717) is 9.87 Å². The molecule has 2 N–H and O–H groups in total. The van der Waals surface area contributed by atoms with Gasteiger partial charge in [0.15, 0.2) is 0 Å². The highest BCUT2D eigenvalue weighted by Gasteiger charge is 2.42. The van der Waals surface area contributed by atoms with Crippen LogP contribution in [0.25, 0.3) is 0 Å². The van der Waals surface area contributed by atoms with E-state index in [2.05, 4.69) is 10.6 Å². The minimum atomic E-state index is -4.20. The molecule has 11 nitrogen and oxygen atoms in total. The molecule has 0 radical (unpaired) electrons. The zero-order valence-corrected chi connectivity index (χ0v) is 19.3. The van der Waals surface area contributed by atoms with Gasteiger partial charge in [-0.2, -0.15) is 0 Å². The van der Waals surface area contributed by atoms with E-state index in [0.717, 1.165) is 0 Å². The number of hydrogen-bond acceptors (Lipinski definition) is 8. The molecule has 182 valence electrons. The fraction of sp³-hybridized carbons (Fsp3) is 0.217. The maximum atomic E-state index is 12.7. The fourth-order valence-electron chi connectivity index (χ4n) is 3.78. The third kappa shape index (κ3) is 4.60. The Kier molecular flexibility index (Phi) is 6.56. The third-order valence-electron chi connectivity index (χ3n) is 5.34. The molecule has 35 heavy (non-hydrogen) atoms. The highest BCUT2D eigenvalue weighted by Crippen LogP contribution is 2.30. The molecule has 2 aromatic carbocycles. The molecule has 1 unspecified atom stereocenters. The molecule has 2 aliphatic rings. The van der Waals surface area contributed by atoms with E-state index in [1.54, 1.807) is 37.3 Å². The van der Waals surface area contributed by atoms with Gasteiger partial charge in [0.05, 0.1) is 29.5 Å². The summed E-state index contributed by atoms with van der Waals surface area (Å²) in [6.07, 6.45) is 0. The molecule has 2 aromatic rings. The molecule has 4 rings (SSSR count). The predicted octanol–water partition coefficient (Wildman–Crippen LogP) is 1.25. The number of nitrogens with one attached hydrogen (secondary N) is 2. The van der Waals surface area contributed by atoms with Crippen LogP contribution in [0.4, 0.5) is 4.79 Å². The van der Waals surface area contributed by atoms with Gasteiger partial charge in [0.1, 0.15) is 18.0 Å². The average molecular weight is 500 g/mol. The second-order valence-corrected chi connectivity index (χ2v) is 9.36. The number of nitrogens with zero attached hydrogens (tertiary/aromatic N) is 1. The highest BCUT2D eigenvalue weighted by atomic mass is 32.2. The summed E-state index contributed by atoms with van der Waals surface area (Å²) in [6.45, 7) is 0.265. The zero-order chi connectivity index (χ0) is 25.2. The van der Waals surface area contributed by atoms with Crippen LogP contribution in [0.2, 0.25) is 0 Å². The molecule has 0 aromatic heterocycles. The van der Waals surface area contributed by atoms with Crippen molar-refractivity contribution in [3.63, 3.8) is 0 Å². The Balaban J connectivity index is 1.56. The number of ether oxygens (including phenoxy) is 2. The van der Waals surface area contributed by atoms with E-state index >= 15 is 0 Å². The third-order valence-corrected chi connectivity index (χ3v) is 7.13. The van der Waals surface area contributed by atoms with Crippen molar-refractivity contribution in [3.05, 3.63) is 77.0 Å². The van der Waals surface area contributed by atoms with E-state index in [1.165, 1.54) is 24.3 Å². The van der Waals surface area contributed by atoms with E-state index in [9.17, 15) is 27.6 Å². The molecule has 0 fully saturated rings. The summed E-state index contributed by atoms with van der Waals surface area (Å²) in [6, 6.07) is 12.8. The van der Waals surface area contributed by atoms with Crippen molar-refractivity contribution in [1.29, 1.82) is 0 Å². The topological polar surface area (TPSA) is 148 Å². The number of amides is 3. The van der Waals surface area contributed by atoms with Crippen LogP contribution < -0.4 is 10.6 Å². The van der Waals surface area contributed by atoms with Crippen LogP contribution in [0.3, 0.4) is 0 Å². The lowest BCUT2D eigenvalue weighted by atomic mass is 9.95. The van der Waals surface area contributed by atoms with Gasteiger partial charge in [0.2, 0.25) is 0 Å². The number of sulfonamides is 1. The molecule has 2 heterocycles. The number of carbonyl (C=O) groups is 4. The minimum Gasteiger partial charge on any atom is -0.463 e. The number of rotatable bonds is 7. The van der Waals surface area contributed by atoms with Gasteiger partial charge in [-0.15, -0.1) is 0 Å². The van der Waals surface area contributed by atoms with Gasteiger partial charge in [-0.05, 0) is 24.6 Å². The van der Waals surface area contributed by atoms with Crippen LogP contribution >= 0.6 is 0 Å². The SMILES string of the molecule is CCOC(=O)C1=C(COC(=O)CN2C(=O)c3ccccc3S2(=O)=O)NC(=O)NC1c1ccccc1. The summed E-state index contributed by atoms with van der Waals surface area (Å²) in [5.41, 5.74) is 0.570. The van der Waals surface area contributed by atoms with E-state index in [-0.39, 0.29) is 28.3 Å². The number of esters is 2. The molecule has 3 amide bonds. The molecule has 0 saturated carbocycles. The van der Waals surface area contributed by atoms with Gasteiger partial charge in [-0.25, -0.2) is 22.3 Å². The summed E-state index contributed by atoms with van der Waals surface area (Å²) < 4.78 is 36.0. The van der Waals surface area contributed by atoms with E-state index < -0.39 is 53.1 Å². The number of carbonyl (C=O) groups excluding carboxylic acids is 4. The second kappa shape index (κ2) is 9.58. The average Bonchev–Trinajstić information content (AvgIpc) is 3.03. The molecule has 2 aliphatic heterocycles. The summed E-state index contributed by atoms with van der Waals surface area (Å²) in [5, 5.41) is 5.09. The van der Waals surface area contributed by atoms with Crippen LogP contribution in [0.5, 0.6) is 0 Å². The van der Waals surface area contributed by atoms with Crippen molar-refractivity contribution in [2.45, 2.75) is 17.9 Å². The molecular formula is C23H21N3O8S. The molecule has 1 atom stereocenters. The van der Waals surface area contributed by atoms with Crippen LogP contribution in [0, 0.1) is 0 Å². The Morgan fingerprint density at radius 3 is 2.37 bits per heavy atom. The Bertz CT molecular complexity index is 1340. The van der Waals surface area contributed by atoms with Gasteiger partial charge in [-0.3, -0.25) is 9.59 Å². The summed E-state index contributed by atoms with van der Waals surface area (Å²) in [4.78, 5) is 49.8. The largest absolute Gasteiger partial charge is 0.463 e. The first kappa shape index (κ1) is 24.0. The smallest absolute Gasteiger partial charge is 0.338 e. The molecule has 0 bridgehead atoms. The van der Waals surface area contributed by atoms with Gasteiger partial charge in [-0.1, -0.05) is 42.5 Å². The van der Waals surface area contributed by atoms with Gasteiger partial charge in [0, 0.05) is 0 Å². The molecule has 12 heteroatoms. The van der Waals surface area contributed by atoms with Crippen molar-refractivity contribution >= 4 is 33.9 Å². The van der Waals surface area contributed by atoms with Crippen molar-refractivity contribution in [1.82, 2.24) is 14.9 Å². The second-order valence-electron chi connectivity index (χ2n) is 7.53. The lowest BCUT2D eigenvalue weighted by Crippen LogP contribution is -2.47. The number of urea groups is 1. The lowest BCUT2D eigenvalue weighted by molar-refractivity contribution is -0.143. The molecule has 0 saturated heterocycles. The highest BCUT2D eigenvalue weighted by molar-refractivity contribution is 7.90. The van der Waals surface area contributed by atoms with Gasteiger partial charge >= 0.3 is 18.0 Å².